The van der Waals surface area contributed by atoms with Crippen LogP contribution < -0.4 is 4.72 Å². The zero-order chi connectivity index (χ0) is 13.9. The minimum Gasteiger partial charge on any atom is -0.272 e. The van der Waals surface area contributed by atoms with Crippen LogP contribution in [0.5, 0.6) is 0 Å². The third kappa shape index (κ3) is 3.70. The smallest absolute Gasteiger partial charge is 0.234 e. The van der Waals surface area contributed by atoms with Gasteiger partial charge in [0.1, 0.15) is 11.6 Å². The predicted molar refractivity (Wildman–Crippen MR) is 71.9 cm³/mol. The number of hydrogen-bond donors (Lipinski definition) is 1. The molecule has 1 aliphatic rings. The maximum atomic E-state index is 12.1. The van der Waals surface area contributed by atoms with E-state index in [-0.39, 0.29) is 23.1 Å². The van der Waals surface area contributed by atoms with Gasteiger partial charge in [-0.15, -0.1) is 0 Å². The van der Waals surface area contributed by atoms with Crippen LogP contribution in [0.25, 0.3) is 0 Å². The van der Waals surface area contributed by atoms with Crippen LogP contribution in [-0.4, -0.2) is 24.0 Å². The van der Waals surface area contributed by atoms with Crippen LogP contribution in [0.1, 0.15) is 37.7 Å². The third-order valence-electron chi connectivity index (χ3n) is 3.38. The summed E-state index contributed by atoms with van der Waals surface area (Å²) in [4.78, 5) is 0. The zero-order valence-corrected chi connectivity index (χ0v) is 11.8. The molecular formula is C12H18N4O2S. The van der Waals surface area contributed by atoms with Crippen molar-refractivity contribution in [1.82, 2.24) is 9.78 Å². The van der Waals surface area contributed by atoms with Crippen molar-refractivity contribution >= 4 is 15.8 Å². The van der Waals surface area contributed by atoms with Crippen molar-refractivity contribution in [2.45, 2.75) is 32.1 Å². The van der Waals surface area contributed by atoms with E-state index in [0.29, 0.717) is 0 Å². The summed E-state index contributed by atoms with van der Waals surface area (Å²) in [6.07, 6.45) is 6.84. The molecule has 6 nitrogen and oxygen atoms in total. The molecule has 0 aromatic carbocycles. The number of nitrogens with one attached hydrogen (secondary N) is 1. The van der Waals surface area contributed by atoms with Crippen molar-refractivity contribution in [2.75, 3.05) is 10.5 Å². The lowest BCUT2D eigenvalue weighted by Gasteiger charge is -2.21. The molecule has 1 N–H and O–H groups in total. The molecule has 1 aliphatic carbocycles. The molecular weight excluding hydrogens is 264 g/mol. The number of nitrogens with zero attached hydrogens (tertiary/aromatic N) is 3. The van der Waals surface area contributed by atoms with Crippen LogP contribution >= 0.6 is 0 Å². The summed E-state index contributed by atoms with van der Waals surface area (Å²) in [7, 11) is -1.78. The monoisotopic (exact) mass is 282 g/mol. The summed E-state index contributed by atoms with van der Waals surface area (Å²) in [5.41, 5.74) is 0.245. The Balaban J connectivity index is 2.06. The van der Waals surface area contributed by atoms with Crippen molar-refractivity contribution in [3.05, 3.63) is 11.8 Å². The predicted octanol–water partition coefficient (Wildman–Crippen LogP) is 1.61. The molecule has 0 bridgehead atoms. The van der Waals surface area contributed by atoms with E-state index in [1.54, 1.807) is 7.05 Å². The molecule has 0 amide bonds. The Morgan fingerprint density at radius 2 is 2.16 bits per heavy atom. The number of rotatable bonds is 4. The summed E-state index contributed by atoms with van der Waals surface area (Å²) in [5, 5.41) is 12.9. The SMILES string of the molecule is Cn1cc(C#N)c(NS(=O)(=O)CC2CCCCC2)n1. The van der Waals surface area contributed by atoms with Crippen molar-refractivity contribution in [3.8, 4) is 6.07 Å². The molecule has 1 aromatic heterocycles. The van der Waals surface area contributed by atoms with Gasteiger partial charge in [0.15, 0.2) is 5.82 Å². The van der Waals surface area contributed by atoms with E-state index in [9.17, 15) is 8.42 Å². The highest BCUT2D eigenvalue weighted by atomic mass is 32.2. The minimum atomic E-state index is -3.43. The van der Waals surface area contributed by atoms with Gasteiger partial charge in [0.2, 0.25) is 10.0 Å². The van der Waals surface area contributed by atoms with Gasteiger partial charge < -0.3 is 0 Å². The number of anilines is 1. The molecule has 1 heterocycles. The molecule has 104 valence electrons. The topological polar surface area (TPSA) is 87.8 Å². The zero-order valence-electron chi connectivity index (χ0n) is 11.0. The van der Waals surface area contributed by atoms with E-state index in [4.69, 9.17) is 5.26 Å². The highest BCUT2D eigenvalue weighted by Crippen LogP contribution is 2.25. The summed E-state index contributed by atoms with van der Waals surface area (Å²) >= 11 is 0. The fraction of sp³-hybridized carbons (Fsp3) is 0.667. The fourth-order valence-corrected chi connectivity index (χ4v) is 3.98. The van der Waals surface area contributed by atoms with Gasteiger partial charge in [0.25, 0.3) is 0 Å². The Bertz CT molecular complexity index is 579. The molecule has 0 spiro atoms. The van der Waals surface area contributed by atoms with Crippen LogP contribution in [0.4, 0.5) is 5.82 Å². The van der Waals surface area contributed by atoms with Gasteiger partial charge in [-0.05, 0) is 18.8 Å². The first-order chi connectivity index (χ1) is 9.00. The van der Waals surface area contributed by atoms with Crippen molar-refractivity contribution in [3.63, 3.8) is 0 Å². The van der Waals surface area contributed by atoms with E-state index < -0.39 is 10.0 Å². The second-order valence-corrected chi connectivity index (χ2v) is 6.83. The Hall–Kier alpha value is -1.55. The number of aryl methyl sites for hydroxylation is 1. The quantitative estimate of drug-likeness (QED) is 0.908. The average molecular weight is 282 g/mol. The van der Waals surface area contributed by atoms with E-state index in [1.807, 2.05) is 6.07 Å². The van der Waals surface area contributed by atoms with Gasteiger partial charge in [0, 0.05) is 13.2 Å². The maximum Gasteiger partial charge on any atom is 0.234 e. The summed E-state index contributed by atoms with van der Waals surface area (Å²) < 4.78 is 28.0. The first-order valence-electron chi connectivity index (χ1n) is 6.44. The van der Waals surface area contributed by atoms with E-state index in [1.165, 1.54) is 17.3 Å². The van der Waals surface area contributed by atoms with Crippen LogP contribution in [0, 0.1) is 17.2 Å². The molecule has 2 rings (SSSR count). The first kappa shape index (κ1) is 13.9. The van der Waals surface area contributed by atoms with Gasteiger partial charge >= 0.3 is 0 Å². The molecule has 0 radical (unpaired) electrons. The lowest BCUT2D eigenvalue weighted by atomic mass is 9.91. The van der Waals surface area contributed by atoms with Crippen LogP contribution in [-0.2, 0) is 17.1 Å². The van der Waals surface area contributed by atoms with Gasteiger partial charge in [-0.3, -0.25) is 9.40 Å². The molecule has 7 heteroatoms. The number of aromatic nitrogens is 2. The summed E-state index contributed by atoms with van der Waals surface area (Å²) in [6, 6.07) is 1.93. The van der Waals surface area contributed by atoms with Crippen LogP contribution in [0.2, 0.25) is 0 Å². The Morgan fingerprint density at radius 3 is 2.79 bits per heavy atom. The van der Waals surface area contributed by atoms with E-state index in [2.05, 4.69) is 9.82 Å². The molecule has 0 atom stereocenters. The molecule has 0 aliphatic heterocycles. The lowest BCUT2D eigenvalue weighted by Crippen LogP contribution is -2.24. The molecule has 19 heavy (non-hydrogen) atoms. The highest BCUT2D eigenvalue weighted by molar-refractivity contribution is 7.92. The molecule has 0 unspecified atom stereocenters. The minimum absolute atomic E-state index is 0.119. The molecule has 1 aromatic rings. The Kier molecular flexibility index (Phi) is 4.10. The van der Waals surface area contributed by atoms with Crippen molar-refractivity contribution in [1.29, 1.82) is 5.26 Å². The molecule has 1 saturated carbocycles. The second-order valence-electron chi connectivity index (χ2n) is 5.06. The number of hydrogen-bond acceptors (Lipinski definition) is 4. The van der Waals surface area contributed by atoms with Gasteiger partial charge in [-0.25, -0.2) is 8.42 Å². The van der Waals surface area contributed by atoms with E-state index in [0.717, 1.165) is 25.7 Å². The molecule has 0 saturated heterocycles. The highest BCUT2D eigenvalue weighted by Gasteiger charge is 2.23. The third-order valence-corrected chi connectivity index (χ3v) is 4.80. The second kappa shape index (κ2) is 5.61. The number of nitriles is 1. The largest absolute Gasteiger partial charge is 0.272 e. The molecule has 1 fully saturated rings. The lowest BCUT2D eigenvalue weighted by molar-refractivity contribution is 0.385. The Labute approximate surface area is 113 Å². The average Bonchev–Trinajstić information content (AvgIpc) is 2.69. The van der Waals surface area contributed by atoms with Crippen LogP contribution in [0.15, 0.2) is 6.20 Å². The van der Waals surface area contributed by atoms with E-state index >= 15 is 0 Å². The van der Waals surface area contributed by atoms with Gasteiger partial charge in [0.05, 0.1) is 5.75 Å². The van der Waals surface area contributed by atoms with Gasteiger partial charge in [-0.2, -0.15) is 10.4 Å². The Morgan fingerprint density at radius 1 is 1.47 bits per heavy atom. The summed E-state index contributed by atoms with van der Waals surface area (Å²) in [5.74, 6) is 0.468. The maximum absolute atomic E-state index is 12.1. The van der Waals surface area contributed by atoms with Crippen molar-refractivity contribution in [2.24, 2.45) is 13.0 Å². The van der Waals surface area contributed by atoms with Crippen molar-refractivity contribution < 1.29 is 8.42 Å². The first-order valence-corrected chi connectivity index (χ1v) is 8.09. The fourth-order valence-electron chi connectivity index (χ4n) is 2.50. The standard InChI is InChI=1S/C12H18N4O2S/c1-16-8-11(7-13)12(14-16)15-19(17,18)9-10-5-3-2-4-6-10/h8,10H,2-6,9H2,1H3,(H,14,15). The normalized spacial score (nSPS) is 17.1. The number of sulfonamides is 1. The van der Waals surface area contributed by atoms with Crippen LogP contribution in [0.3, 0.4) is 0 Å². The summed E-state index contributed by atoms with van der Waals surface area (Å²) in [6.45, 7) is 0. The van der Waals surface area contributed by atoms with Gasteiger partial charge in [-0.1, -0.05) is 19.3 Å².